The summed E-state index contributed by atoms with van der Waals surface area (Å²) in [6.45, 7) is 0.723. The fourth-order valence-electron chi connectivity index (χ4n) is 2.33. The topological polar surface area (TPSA) is 82.3 Å². The molecule has 0 spiro atoms. The van der Waals surface area contributed by atoms with E-state index >= 15 is 0 Å². The lowest BCUT2D eigenvalue weighted by Crippen LogP contribution is -2.24. The van der Waals surface area contributed by atoms with Crippen molar-refractivity contribution >= 4 is 28.9 Å². The molecule has 8 heteroatoms. The molecule has 0 fully saturated rings. The van der Waals surface area contributed by atoms with Crippen molar-refractivity contribution in [1.29, 1.82) is 0 Å². The first kappa shape index (κ1) is 17.6. The Morgan fingerprint density at radius 3 is 2.68 bits per heavy atom. The largest absolute Gasteiger partial charge is 0.550 e. The van der Waals surface area contributed by atoms with Crippen LogP contribution in [0.2, 0.25) is 4.34 Å². The molecule has 0 atom stereocenters. The van der Waals surface area contributed by atoms with Gasteiger partial charge in [-0.2, -0.15) is 0 Å². The molecule has 3 rings (SSSR count). The van der Waals surface area contributed by atoms with E-state index in [4.69, 9.17) is 16.0 Å². The molecular weight excluding hydrogens is 362 g/mol. The van der Waals surface area contributed by atoms with Gasteiger partial charge in [-0.25, -0.2) is 4.98 Å². The number of halogens is 1. The third kappa shape index (κ3) is 4.25. The first-order chi connectivity index (χ1) is 11.9. The molecule has 0 aliphatic heterocycles. The third-order valence-corrected chi connectivity index (χ3v) is 4.59. The molecule has 0 bridgehead atoms. The van der Waals surface area contributed by atoms with Crippen LogP contribution in [0.25, 0.3) is 22.1 Å². The number of aromatic nitrogens is 2. The molecule has 25 heavy (non-hydrogen) atoms. The van der Waals surface area contributed by atoms with E-state index in [0.29, 0.717) is 27.2 Å². The SMILES string of the molecule is CN(C)Cc1ccc(-c2nc(CC(=O)[O-])c(-c3ccc(Cl)s3)o2)cn1. The van der Waals surface area contributed by atoms with E-state index in [9.17, 15) is 9.90 Å². The third-order valence-electron chi connectivity index (χ3n) is 3.36. The predicted octanol–water partition coefficient (Wildman–Crippen LogP) is 2.47. The fraction of sp³-hybridized carbons (Fsp3) is 0.235. The second-order valence-corrected chi connectivity index (χ2v) is 7.44. The Hall–Kier alpha value is -2.22. The predicted molar refractivity (Wildman–Crippen MR) is 94.2 cm³/mol. The van der Waals surface area contributed by atoms with E-state index in [1.165, 1.54) is 11.3 Å². The average Bonchev–Trinajstić information content (AvgIpc) is 3.13. The summed E-state index contributed by atoms with van der Waals surface area (Å²) >= 11 is 7.26. The zero-order chi connectivity index (χ0) is 18.0. The van der Waals surface area contributed by atoms with Crippen LogP contribution in [0, 0.1) is 0 Å². The van der Waals surface area contributed by atoms with Gasteiger partial charge in [-0.3, -0.25) is 4.98 Å². The van der Waals surface area contributed by atoms with Crippen molar-refractivity contribution in [3.8, 4) is 22.1 Å². The van der Waals surface area contributed by atoms with Crippen LogP contribution in [0.1, 0.15) is 11.4 Å². The number of carbonyl (C=O) groups excluding carboxylic acids is 1. The zero-order valence-electron chi connectivity index (χ0n) is 13.7. The van der Waals surface area contributed by atoms with Gasteiger partial charge in [0.1, 0.15) is 0 Å². The number of hydrogen-bond acceptors (Lipinski definition) is 7. The first-order valence-corrected chi connectivity index (χ1v) is 8.67. The van der Waals surface area contributed by atoms with Crippen LogP contribution >= 0.6 is 22.9 Å². The molecule has 0 aliphatic rings. The van der Waals surface area contributed by atoms with E-state index in [2.05, 4.69) is 9.97 Å². The van der Waals surface area contributed by atoms with Crippen molar-refractivity contribution in [2.24, 2.45) is 0 Å². The van der Waals surface area contributed by atoms with Gasteiger partial charge >= 0.3 is 0 Å². The molecular formula is C17H15ClN3O3S-. The van der Waals surface area contributed by atoms with Gasteiger partial charge < -0.3 is 19.2 Å². The second kappa shape index (κ2) is 7.35. The smallest absolute Gasteiger partial charge is 0.228 e. The highest BCUT2D eigenvalue weighted by Gasteiger charge is 2.18. The summed E-state index contributed by atoms with van der Waals surface area (Å²) in [4.78, 5) is 22.5. The van der Waals surface area contributed by atoms with Crippen LogP contribution in [-0.4, -0.2) is 34.9 Å². The summed E-state index contributed by atoms with van der Waals surface area (Å²) in [6.07, 6.45) is 1.33. The molecule has 0 amide bonds. The van der Waals surface area contributed by atoms with E-state index in [1.54, 1.807) is 18.3 Å². The molecule has 0 aliphatic carbocycles. The number of carboxylic acid groups (broad SMARTS) is 1. The quantitative estimate of drug-likeness (QED) is 0.657. The van der Waals surface area contributed by atoms with E-state index in [1.807, 2.05) is 31.1 Å². The summed E-state index contributed by atoms with van der Waals surface area (Å²) in [5, 5.41) is 11.0. The minimum absolute atomic E-state index is 0.311. The van der Waals surface area contributed by atoms with Gasteiger partial charge in [-0.1, -0.05) is 11.6 Å². The first-order valence-electron chi connectivity index (χ1n) is 7.47. The molecule has 3 heterocycles. The molecule has 130 valence electrons. The number of hydrogen-bond donors (Lipinski definition) is 0. The normalized spacial score (nSPS) is 11.2. The van der Waals surface area contributed by atoms with Crippen molar-refractivity contribution in [2.75, 3.05) is 14.1 Å². The number of pyridine rings is 1. The van der Waals surface area contributed by atoms with Crippen molar-refractivity contribution < 1.29 is 14.3 Å². The highest BCUT2D eigenvalue weighted by Crippen LogP contribution is 2.36. The summed E-state index contributed by atoms with van der Waals surface area (Å²) < 4.78 is 6.41. The number of carboxylic acids is 1. The average molecular weight is 377 g/mol. The Morgan fingerprint density at radius 2 is 2.12 bits per heavy atom. The highest BCUT2D eigenvalue weighted by molar-refractivity contribution is 7.19. The number of thiophene rings is 1. The molecule has 0 unspecified atom stereocenters. The molecule has 0 saturated heterocycles. The number of rotatable bonds is 6. The van der Waals surface area contributed by atoms with Crippen molar-refractivity contribution in [3.63, 3.8) is 0 Å². The summed E-state index contributed by atoms with van der Waals surface area (Å²) in [6, 6.07) is 7.24. The highest BCUT2D eigenvalue weighted by atomic mass is 35.5. The molecule has 0 N–H and O–H groups in total. The summed E-state index contributed by atoms with van der Waals surface area (Å²) in [5.41, 5.74) is 1.91. The Labute approximate surface area is 153 Å². The number of oxazole rings is 1. The zero-order valence-corrected chi connectivity index (χ0v) is 15.2. The Kier molecular flexibility index (Phi) is 5.17. The maximum absolute atomic E-state index is 11.0. The second-order valence-electron chi connectivity index (χ2n) is 5.72. The van der Waals surface area contributed by atoms with Crippen molar-refractivity contribution in [3.05, 3.63) is 46.2 Å². The van der Waals surface area contributed by atoms with Gasteiger partial charge in [0.25, 0.3) is 0 Å². The van der Waals surface area contributed by atoms with Crippen LogP contribution in [0.5, 0.6) is 0 Å². The van der Waals surface area contributed by atoms with Gasteiger partial charge in [-0.15, -0.1) is 11.3 Å². The maximum Gasteiger partial charge on any atom is 0.228 e. The van der Waals surface area contributed by atoms with Gasteiger partial charge in [0.05, 0.1) is 26.2 Å². The summed E-state index contributed by atoms with van der Waals surface area (Å²) in [5.74, 6) is -0.503. The minimum Gasteiger partial charge on any atom is -0.550 e. The van der Waals surface area contributed by atoms with Crippen molar-refractivity contribution in [2.45, 2.75) is 13.0 Å². The lowest BCUT2D eigenvalue weighted by Gasteiger charge is -2.08. The van der Waals surface area contributed by atoms with Gasteiger partial charge in [0, 0.05) is 25.1 Å². The molecule has 0 aromatic carbocycles. The standard InChI is InChI=1S/C17H16ClN3O3S/c1-21(2)9-11-4-3-10(8-19-11)17-20-12(7-15(22)23)16(24-17)13-5-6-14(18)25-13/h3-6,8H,7,9H2,1-2H3,(H,22,23)/p-1. The Balaban J connectivity index is 1.96. The molecule has 6 nitrogen and oxygen atoms in total. The van der Waals surface area contributed by atoms with Gasteiger partial charge in [-0.05, 0) is 38.4 Å². The van der Waals surface area contributed by atoms with Gasteiger partial charge in [0.2, 0.25) is 5.89 Å². The van der Waals surface area contributed by atoms with Crippen LogP contribution < -0.4 is 5.11 Å². The van der Waals surface area contributed by atoms with E-state index in [-0.39, 0.29) is 6.42 Å². The molecule has 3 aromatic heterocycles. The van der Waals surface area contributed by atoms with Crippen LogP contribution in [-0.2, 0) is 17.8 Å². The monoisotopic (exact) mass is 376 g/mol. The fourth-order valence-corrected chi connectivity index (χ4v) is 3.38. The Morgan fingerprint density at radius 1 is 1.32 bits per heavy atom. The van der Waals surface area contributed by atoms with Crippen molar-refractivity contribution in [1.82, 2.24) is 14.9 Å². The number of aliphatic carboxylic acids is 1. The Bertz CT molecular complexity index is 887. The lowest BCUT2D eigenvalue weighted by atomic mass is 10.2. The summed E-state index contributed by atoms with van der Waals surface area (Å²) in [7, 11) is 3.93. The number of carbonyl (C=O) groups is 1. The maximum atomic E-state index is 11.0. The van der Waals surface area contributed by atoms with Gasteiger partial charge in [0.15, 0.2) is 5.76 Å². The van der Waals surface area contributed by atoms with Crippen LogP contribution in [0.4, 0.5) is 0 Å². The van der Waals surface area contributed by atoms with Crippen LogP contribution in [0.3, 0.4) is 0 Å². The lowest BCUT2D eigenvalue weighted by molar-refractivity contribution is -0.304. The minimum atomic E-state index is -1.22. The molecule has 3 aromatic rings. The van der Waals surface area contributed by atoms with E-state index in [0.717, 1.165) is 17.1 Å². The molecule has 0 saturated carbocycles. The van der Waals surface area contributed by atoms with Crippen LogP contribution in [0.15, 0.2) is 34.9 Å². The molecule has 0 radical (unpaired) electrons. The number of nitrogens with zero attached hydrogens (tertiary/aromatic N) is 3. The van der Waals surface area contributed by atoms with E-state index < -0.39 is 5.97 Å².